The first-order chi connectivity index (χ1) is 15.0. The number of hydrogen-bond acceptors (Lipinski definition) is 6. The molecule has 31 heavy (non-hydrogen) atoms. The topological polar surface area (TPSA) is 106 Å². The Kier molecular flexibility index (Phi) is 8.78. The first-order valence-corrected chi connectivity index (χ1v) is 11.2. The number of nitrogens with one attached hydrogen (secondary N) is 2. The molecule has 7 nitrogen and oxygen atoms in total. The van der Waals surface area contributed by atoms with Crippen LogP contribution in [0.4, 0.5) is 0 Å². The van der Waals surface area contributed by atoms with Crippen molar-refractivity contribution >= 4 is 45.0 Å². The summed E-state index contributed by atoms with van der Waals surface area (Å²) in [6.45, 7) is 1.35. The summed E-state index contributed by atoms with van der Waals surface area (Å²) in [5.41, 5.74) is 7.33. The lowest BCUT2D eigenvalue weighted by Gasteiger charge is -2.17. The van der Waals surface area contributed by atoms with E-state index in [9.17, 15) is 9.59 Å². The van der Waals surface area contributed by atoms with Crippen LogP contribution >= 0.6 is 22.9 Å². The highest BCUT2D eigenvalue weighted by molar-refractivity contribution is 7.18. The lowest BCUT2D eigenvalue weighted by atomic mass is 10.2. The van der Waals surface area contributed by atoms with Gasteiger partial charge in [0.15, 0.2) is 0 Å². The molecule has 0 unspecified atom stereocenters. The summed E-state index contributed by atoms with van der Waals surface area (Å²) in [5.74, 6) is -0.550. The average Bonchev–Trinajstić information content (AvgIpc) is 3.16. The second-order valence-corrected chi connectivity index (χ2v) is 8.46. The SMILES string of the molecule is NCCNC(=O)[C@H](Cc1nc2ccc(Cl)cc2s1)NC(=O)CCOCc1ccccc1. The summed E-state index contributed by atoms with van der Waals surface area (Å²) in [4.78, 5) is 29.5. The molecule has 0 saturated heterocycles. The molecule has 3 aromatic rings. The molecule has 0 aliphatic rings. The quantitative estimate of drug-likeness (QED) is 0.381. The molecule has 0 spiro atoms. The van der Waals surface area contributed by atoms with Crippen LogP contribution in [0.2, 0.25) is 5.02 Å². The van der Waals surface area contributed by atoms with E-state index in [1.807, 2.05) is 42.5 Å². The van der Waals surface area contributed by atoms with Crippen LogP contribution in [0.1, 0.15) is 17.0 Å². The molecule has 9 heteroatoms. The van der Waals surface area contributed by atoms with Gasteiger partial charge in [0, 0.05) is 31.0 Å². The first-order valence-electron chi connectivity index (χ1n) is 9.99. The number of benzene rings is 2. The van der Waals surface area contributed by atoms with Crippen LogP contribution in [0.3, 0.4) is 0 Å². The molecular formula is C22H25ClN4O3S. The van der Waals surface area contributed by atoms with Crippen molar-refractivity contribution in [2.24, 2.45) is 5.73 Å². The Morgan fingerprint density at radius 3 is 2.77 bits per heavy atom. The minimum atomic E-state index is -0.746. The summed E-state index contributed by atoms with van der Waals surface area (Å²) in [6.07, 6.45) is 0.437. The monoisotopic (exact) mass is 460 g/mol. The van der Waals surface area contributed by atoms with Crippen molar-refractivity contribution in [3.05, 3.63) is 64.1 Å². The minimum Gasteiger partial charge on any atom is -0.376 e. The molecule has 0 saturated carbocycles. The average molecular weight is 461 g/mol. The standard InChI is InChI=1S/C22H25ClN4O3S/c23-16-6-7-17-19(12-16)31-21(27-17)13-18(22(29)25-10-9-24)26-20(28)8-11-30-14-15-4-2-1-3-5-15/h1-7,12,18H,8-11,13-14,24H2,(H,25,29)(H,26,28)/t18-/m0/s1. The molecule has 0 aliphatic heterocycles. The zero-order valence-electron chi connectivity index (χ0n) is 17.0. The third-order valence-electron chi connectivity index (χ3n) is 4.45. The van der Waals surface area contributed by atoms with Crippen molar-refractivity contribution in [2.75, 3.05) is 19.7 Å². The summed E-state index contributed by atoms with van der Waals surface area (Å²) < 4.78 is 6.50. The Morgan fingerprint density at radius 1 is 1.19 bits per heavy atom. The van der Waals surface area contributed by atoms with Gasteiger partial charge in [-0.2, -0.15) is 0 Å². The van der Waals surface area contributed by atoms with Gasteiger partial charge in [-0.05, 0) is 23.8 Å². The largest absolute Gasteiger partial charge is 0.376 e. The zero-order chi connectivity index (χ0) is 22.1. The van der Waals surface area contributed by atoms with Gasteiger partial charge in [-0.15, -0.1) is 11.3 Å². The van der Waals surface area contributed by atoms with Gasteiger partial charge in [0.1, 0.15) is 6.04 Å². The Morgan fingerprint density at radius 2 is 2.00 bits per heavy atom. The van der Waals surface area contributed by atoms with Crippen LogP contribution < -0.4 is 16.4 Å². The van der Waals surface area contributed by atoms with Gasteiger partial charge in [-0.1, -0.05) is 41.9 Å². The number of rotatable bonds is 11. The molecule has 0 bridgehead atoms. The van der Waals surface area contributed by atoms with Crippen molar-refractivity contribution in [1.29, 1.82) is 0 Å². The second-order valence-electron chi connectivity index (χ2n) is 6.91. The fraction of sp³-hybridized carbons (Fsp3) is 0.318. The summed E-state index contributed by atoms with van der Waals surface area (Å²) in [5, 5.41) is 6.90. The van der Waals surface area contributed by atoms with Crippen LogP contribution in [0.5, 0.6) is 0 Å². The predicted octanol–water partition coefficient (Wildman–Crippen LogP) is 2.66. The van der Waals surface area contributed by atoms with Crippen molar-refractivity contribution in [3.8, 4) is 0 Å². The van der Waals surface area contributed by atoms with Crippen molar-refractivity contribution in [3.63, 3.8) is 0 Å². The highest BCUT2D eigenvalue weighted by atomic mass is 35.5. The number of aromatic nitrogens is 1. The van der Waals surface area contributed by atoms with Crippen LogP contribution in [0.25, 0.3) is 10.2 Å². The third kappa shape index (κ3) is 7.29. The van der Waals surface area contributed by atoms with E-state index in [1.54, 1.807) is 6.07 Å². The number of nitrogens with two attached hydrogens (primary N) is 1. The Balaban J connectivity index is 1.56. The molecule has 0 fully saturated rings. The number of thiazole rings is 1. The maximum Gasteiger partial charge on any atom is 0.243 e. The number of nitrogens with zero attached hydrogens (tertiary/aromatic N) is 1. The van der Waals surface area contributed by atoms with Crippen molar-refractivity contribution in [1.82, 2.24) is 15.6 Å². The fourth-order valence-corrected chi connectivity index (χ4v) is 4.22. The molecule has 3 rings (SSSR count). The van der Waals surface area contributed by atoms with Gasteiger partial charge >= 0.3 is 0 Å². The number of carbonyl (C=O) groups is 2. The molecular weight excluding hydrogens is 436 g/mol. The number of amides is 2. The van der Waals surface area contributed by atoms with E-state index in [1.165, 1.54) is 11.3 Å². The molecule has 1 atom stereocenters. The lowest BCUT2D eigenvalue weighted by molar-refractivity contribution is -0.129. The van der Waals surface area contributed by atoms with E-state index in [0.29, 0.717) is 24.7 Å². The lowest BCUT2D eigenvalue weighted by Crippen LogP contribution is -2.49. The van der Waals surface area contributed by atoms with Gasteiger partial charge in [0.2, 0.25) is 11.8 Å². The number of halogens is 1. The van der Waals surface area contributed by atoms with E-state index in [-0.39, 0.29) is 31.3 Å². The first kappa shape index (κ1) is 23.1. The smallest absolute Gasteiger partial charge is 0.243 e. The van der Waals surface area contributed by atoms with Gasteiger partial charge < -0.3 is 21.1 Å². The zero-order valence-corrected chi connectivity index (χ0v) is 18.5. The normalized spacial score (nSPS) is 11.9. The van der Waals surface area contributed by atoms with Crippen LogP contribution in [-0.4, -0.2) is 42.5 Å². The third-order valence-corrected chi connectivity index (χ3v) is 5.73. The van der Waals surface area contributed by atoms with Crippen LogP contribution in [0, 0.1) is 0 Å². The molecule has 164 valence electrons. The van der Waals surface area contributed by atoms with E-state index >= 15 is 0 Å². The van der Waals surface area contributed by atoms with Crippen LogP contribution in [-0.2, 0) is 27.4 Å². The number of hydrogen-bond donors (Lipinski definition) is 3. The maximum atomic E-state index is 12.6. The molecule has 2 amide bonds. The molecule has 0 radical (unpaired) electrons. The van der Waals surface area contributed by atoms with E-state index in [0.717, 1.165) is 20.8 Å². The summed E-state index contributed by atoms with van der Waals surface area (Å²) in [7, 11) is 0. The highest BCUT2D eigenvalue weighted by Crippen LogP contribution is 2.26. The Hall–Kier alpha value is -2.52. The highest BCUT2D eigenvalue weighted by Gasteiger charge is 2.22. The summed E-state index contributed by atoms with van der Waals surface area (Å²) in [6, 6.07) is 14.4. The molecule has 1 heterocycles. The van der Waals surface area contributed by atoms with Crippen molar-refractivity contribution in [2.45, 2.75) is 25.5 Å². The van der Waals surface area contributed by atoms with Gasteiger partial charge in [-0.3, -0.25) is 9.59 Å². The molecule has 4 N–H and O–H groups in total. The Bertz CT molecular complexity index is 1010. The fourth-order valence-electron chi connectivity index (χ4n) is 2.93. The number of carbonyl (C=O) groups excluding carboxylic acids is 2. The molecule has 1 aromatic heterocycles. The molecule has 2 aromatic carbocycles. The van der Waals surface area contributed by atoms with Crippen LogP contribution in [0.15, 0.2) is 48.5 Å². The van der Waals surface area contributed by atoms with Gasteiger partial charge in [-0.25, -0.2) is 4.98 Å². The van der Waals surface area contributed by atoms with Gasteiger partial charge in [0.05, 0.1) is 28.4 Å². The minimum absolute atomic E-state index is 0.156. The van der Waals surface area contributed by atoms with E-state index < -0.39 is 6.04 Å². The predicted molar refractivity (Wildman–Crippen MR) is 123 cm³/mol. The molecule has 0 aliphatic carbocycles. The summed E-state index contributed by atoms with van der Waals surface area (Å²) >= 11 is 7.49. The Labute approximate surface area is 189 Å². The number of ether oxygens (including phenoxy) is 1. The second kappa shape index (κ2) is 11.8. The maximum absolute atomic E-state index is 12.6. The van der Waals surface area contributed by atoms with E-state index in [2.05, 4.69) is 15.6 Å². The number of fused-ring (bicyclic) bond motifs is 1. The van der Waals surface area contributed by atoms with Crippen molar-refractivity contribution < 1.29 is 14.3 Å². The van der Waals surface area contributed by atoms with Gasteiger partial charge in [0.25, 0.3) is 0 Å². The van der Waals surface area contributed by atoms with E-state index in [4.69, 9.17) is 22.1 Å².